The molecule has 1 aromatic heterocycles. The van der Waals surface area contributed by atoms with Crippen molar-refractivity contribution in [2.75, 3.05) is 23.4 Å². The normalized spacial score (nSPS) is 10.5. The van der Waals surface area contributed by atoms with Gasteiger partial charge in [-0.3, -0.25) is 0 Å². The topological polar surface area (TPSA) is 49.8 Å². The van der Waals surface area contributed by atoms with Crippen LogP contribution in [0.2, 0.25) is 0 Å². The third-order valence-electron chi connectivity index (χ3n) is 2.64. The molecule has 1 heterocycles. The Bertz CT molecular complexity index is 624. The summed E-state index contributed by atoms with van der Waals surface area (Å²) >= 11 is 4.85. The first-order valence-corrected chi connectivity index (χ1v) is 8.53. The fraction of sp³-hybridized carbons (Fsp3) is 0.286. The van der Waals surface area contributed by atoms with Crippen LogP contribution in [0.15, 0.2) is 33.9 Å². The first kappa shape index (κ1) is 16.0. The molecule has 2 aromatic rings. The minimum absolute atomic E-state index is 0.302. The Labute approximate surface area is 136 Å². The van der Waals surface area contributed by atoms with E-state index in [0.29, 0.717) is 16.7 Å². The van der Waals surface area contributed by atoms with Crippen molar-refractivity contribution in [3.8, 4) is 0 Å². The van der Waals surface area contributed by atoms with Gasteiger partial charge in [0.15, 0.2) is 5.16 Å². The Morgan fingerprint density at radius 3 is 2.71 bits per heavy atom. The highest BCUT2D eigenvalue weighted by Crippen LogP contribution is 2.27. The van der Waals surface area contributed by atoms with Crippen LogP contribution in [0.3, 0.4) is 0 Å². The molecule has 0 unspecified atom stereocenters. The summed E-state index contributed by atoms with van der Waals surface area (Å²) in [4.78, 5) is 8.77. The number of rotatable bonds is 6. The summed E-state index contributed by atoms with van der Waals surface area (Å²) in [6.45, 7) is 2.93. The number of aromatic nitrogens is 2. The molecule has 0 aliphatic rings. The highest BCUT2D eigenvalue weighted by atomic mass is 79.9. The summed E-state index contributed by atoms with van der Waals surface area (Å²) in [6.07, 6.45) is 2.93. The summed E-state index contributed by atoms with van der Waals surface area (Å²) in [5.74, 6) is 1.08. The molecule has 0 radical (unpaired) electrons. The Morgan fingerprint density at radius 2 is 2.00 bits per heavy atom. The summed E-state index contributed by atoms with van der Waals surface area (Å²) in [7, 11) is 0. The third kappa shape index (κ3) is 4.57. The van der Waals surface area contributed by atoms with Crippen molar-refractivity contribution in [3.63, 3.8) is 0 Å². The number of halogens is 2. The predicted octanol–water partition coefficient (Wildman–Crippen LogP) is 4.67. The van der Waals surface area contributed by atoms with Gasteiger partial charge in [-0.05, 0) is 46.8 Å². The van der Waals surface area contributed by atoms with Gasteiger partial charge in [0.05, 0.1) is 5.69 Å². The molecular formula is C14H16BrFN4S. The van der Waals surface area contributed by atoms with Gasteiger partial charge >= 0.3 is 0 Å². The van der Waals surface area contributed by atoms with Crippen LogP contribution in [0.1, 0.15) is 13.3 Å². The van der Waals surface area contributed by atoms with Crippen LogP contribution in [-0.2, 0) is 0 Å². The van der Waals surface area contributed by atoms with E-state index in [4.69, 9.17) is 0 Å². The Balaban J connectivity index is 2.27. The second-order valence-electron chi connectivity index (χ2n) is 4.30. The van der Waals surface area contributed by atoms with Crippen molar-refractivity contribution < 1.29 is 4.39 Å². The molecule has 1 aromatic carbocycles. The molecule has 0 fully saturated rings. The largest absolute Gasteiger partial charge is 0.370 e. The molecule has 4 nitrogen and oxygen atoms in total. The van der Waals surface area contributed by atoms with E-state index in [-0.39, 0.29) is 5.82 Å². The van der Waals surface area contributed by atoms with Crippen molar-refractivity contribution in [3.05, 3.63) is 34.6 Å². The molecule has 0 spiro atoms. The molecule has 0 aliphatic heterocycles. The van der Waals surface area contributed by atoms with Crippen LogP contribution in [0.5, 0.6) is 0 Å². The van der Waals surface area contributed by atoms with E-state index < -0.39 is 0 Å². The molecule has 0 saturated carbocycles. The van der Waals surface area contributed by atoms with Gasteiger partial charge < -0.3 is 10.6 Å². The maximum Gasteiger partial charge on any atom is 0.191 e. The maximum atomic E-state index is 13.3. The van der Waals surface area contributed by atoms with Gasteiger partial charge in [0.1, 0.15) is 17.5 Å². The number of anilines is 3. The summed E-state index contributed by atoms with van der Waals surface area (Å²) in [6, 6.07) is 6.29. The molecule has 0 atom stereocenters. The van der Waals surface area contributed by atoms with Gasteiger partial charge in [0, 0.05) is 17.1 Å². The molecule has 0 saturated heterocycles. The number of benzene rings is 1. The van der Waals surface area contributed by atoms with Gasteiger partial charge in [-0.25, -0.2) is 14.4 Å². The zero-order chi connectivity index (χ0) is 15.2. The van der Waals surface area contributed by atoms with Crippen LogP contribution in [0, 0.1) is 5.82 Å². The first-order valence-electron chi connectivity index (χ1n) is 6.51. The lowest BCUT2D eigenvalue weighted by Gasteiger charge is -2.11. The van der Waals surface area contributed by atoms with E-state index in [1.807, 2.05) is 12.3 Å². The van der Waals surface area contributed by atoms with Gasteiger partial charge in [-0.2, -0.15) is 0 Å². The van der Waals surface area contributed by atoms with Crippen molar-refractivity contribution in [1.29, 1.82) is 0 Å². The number of nitrogens with one attached hydrogen (secondary N) is 2. The van der Waals surface area contributed by atoms with Gasteiger partial charge in [0.25, 0.3) is 0 Å². The van der Waals surface area contributed by atoms with Gasteiger partial charge in [0.2, 0.25) is 0 Å². The second-order valence-corrected chi connectivity index (χ2v) is 5.93. The van der Waals surface area contributed by atoms with E-state index in [9.17, 15) is 4.39 Å². The predicted molar refractivity (Wildman–Crippen MR) is 90.0 cm³/mol. The van der Waals surface area contributed by atoms with Crippen LogP contribution < -0.4 is 10.6 Å². The van der Waals surface area contributed by atoms with E-state index in [1.54, 1.807) is 6.07 Å². The van der Waals surface area contributed by atoms with Crippen LogP contribution >= 0.6 is 27.7 Å². The number of thioether (sulfide) groups is 1. The number of hydrogen-bond acceptors (Lipinski definition) is 5. The van der Waals surface area contributed by atoms with E-state index in [0.717, 1.165) is 23.3 Å². The Kier molecular flexibility index (Phi) is 5.81. The monoisotopic (exact) mass is 370 g/mol. The molecular weight excluding hydrogens is 355 g/mol. The van der Waals surface area contributed by atoms with Crippen LogP contribution in [0.4, 0.5) is 21.7 Å². The molecule has 2 rings (SSSR count). The zero-order valence-corrected chi connectivity index (χ0v) is 14.2. The standard InChI is InChI=1S/C14H16BrFN4S/c1-3-6-17-12-8-13(20-14(19-12)21-2)18-11-7-9(16)4-5-10(11)15/h4-5,7-8H,3,6H2,1-2H3,(H2,17,18,19,20). The Hall–Kier alpha value is -1.34. The highest BCUT2D eigenvalue weighted by Gasteiger charge is 2.07. The lowest BCUT2D eigenvalue weighted by molar-refractivity contribution is 0.628. The minimum Gasteiger partial charge on any atom is -0.370 e. The quantitative estimate of drug-likeness (QED) is 0.571. The van der Waals surface area contributed by atoms with E-state index in [1.165, 1.54) is 23.9 Å². The second kappa shape index (κ2) is 7.61. The fourth-order valence-electron chi connectivity index (χ4n) is 1.66. The van der Waals surface area contributed by atoms with Gasteiger partial charge in [-0.15, -0.1) is 0 Å². The smallest absolute Gasteiger partial charge is 0.191 e. The third-order valence-corrected chi connectivity index (χ3v) is 3.87. The fourth-order valence-corrected chi connectivity index (χ4v) is 2.38. The van der Waals surface area contributed by atoms with Crippen molar-refractivity contribution >= 4 is 45.0 Å². The van der Waals surface area contributed by atoms with Crippen molar-refractivity contribution in [2.45, 2.75) is 18.5 Å². The molecule has 7 heteroatoms. The maximum absolute atomic E-state index is 13.3. The van der Waals surface area contributed by atoms with Crippen LogP contribution in [0.25, 0.3) is 0 Å². The SMILES string of the molecule is CCCNc1cc(Nc2cc(F)ccc2Br)nc(SC)n1. The number of nitrogens with zero attached hydrogens (tertiary/aromatic N) is 2. The van der Waals surface area contributed by atoms with Crippen LogP contribution in [-0.4, -0.2) is 22.8 Å². The molecule has 0 aliphatic carbocycles. The molecule has 0 amide bonds. The number of hydrogen-bond donors (Lipinski definition) is 2. The minimum atomic E-state index is -0.302. The average Bonchev–Trinajstić information content (AvgIpc) is 2.48. The summed E-state index contributed by atoms with van der Waals surface area (Å²) in [5, 5.41) is 7.00. The lowest BCUT2D eigenvalue weighted by Crippen LogP contribution is -2.05. The van der Waals surface area contributed by atoms with E-state index in [2.05, 4.69) is 43.5 Å². The highest BCUT2D eigenvalue weighted by molar-refractivity contribution is 9.10. The van der Waals surface area contributed by atoms with Crippen molar-refractivity contribution in [1.82, 2.24) is 9.97 Å². The zero-order valence-electron chi connectivity index (χ0n) is 11.8. The van der Waals surface area contributed by atoms with E-state index >= 15 is 0 Å². The molecule has 112 valence electrons. The summed E-state index contributed by atoms with van der Waals surface area (Å²) < 4.78 is 14.1. The molecule has 0 bridgehead atoms. The summed E-state index contributed by atoms with van der Waals surface area (Å²) in [5.41, 5.74) is 0.627. The lowest BCUT2D eigenvalue weighted by atomic mass is 10.3. The Morgan fingerprint density at radius 1 is 1.24 bits per heavy atom. The molecule has 2 N–H and O–H groups in total. The van der Waals surface area contributed by atoms with Crippen molar-refractivity contribution in [2.24, 2.45) is 0 Å². The first-order chi connectivity index (χ1) is 10.1. The van der Waals surface area contributed by atoms with Gasteiger partial charge in [-0.1, -0.05) is 18.7 Å². The average molecular weight is 371 g/mol. The molecule has 21 heavy (non-hydrogen) atoms.